The van der Waals surface area contributed by atoms with Crippen LogP contribution in [0.5, 0.6) is 0 Å². The van der Waals surface area contributed by atoms with E-state index in [-0.39, 0.29) is 16.3 Å². The van der Waals surface area contributed by atoms with Gasteiger partial charge in [-0.3, -0.25) is 4.79 Å². The molecule has 0 unspecified atom stereocenters. The first-order valence-corrected chi connectivity index (χ1v) is 6.05. The second kappa shape index (κ2) is 5.59. The summed E-state index contributed by atoms with van der Waals surface area (Å²) in [5.41, 5.74) is -0.108. The average molecular weight is 300 g/mol. The van der Waals surface area contributed by atoms with E-state index in [2.05, 4.69) is 17.9 Å². The quantitative estimate of drug-likeness (QED) is 0.801. The van der Waals surface area contributed by atoms with Crippen molar-refractivity contribution in [1.82, 2.24) is 0 Å². The van der Waals surface area contributed by atoms with Gasteiger partial charge in [0.25, 0.3) is 5.91 Å². The average Bonchev–Trinajstić information content (AvgIpc) is 2.38. The third-order valence-corrected chi connectivity index (χ3v) is 3.00. The first-order chi connectivity index (χ1) is 8.99. The van der Waals surface area contributed by atoms with Gasteiger partial charge in [-0.25, -0.2) is 8.78 Å². The van der Waals surface area contributed by atoms with E-state index in [9.17, 15) is 13.6 Å². The molecule has 0 saturated heterocycles. The number of hydrogen-bond acceptors (Lipinski definition) is 2. The van der Waals surface area contributed by atoms with Crippen LogP contribution in [-0.4, -0.2) is 5.91 Å². The van der Waals surface area contributed by atoms with Crippen molar-refractivity contribution in [2.45, 2.75) is 4.90 Å². The number of nitrogens with one attached hydrogen (secondary N) is 1. The van der Waals surface area contributed by atoms with Crippen LogP contribution >= 0.6 is 24.2 Å². The lowest BCUT2D eigenvalue weighted by atomic mass is 10.2. The van der Waals surface area contributed by atoms with Crippen molar-refractivity contribution in [2.75, 3.05) is 5.32 Å². The van der Waals surface area contributed by atoms with Gasteiger partial charge >= 0.3 is 0 Å². The minimum Gasteiger partial charge on any atom is -0.319 e. The molecule has 0 aromatic heterocycles. The summed E-state index contributed by atoms with van der Waals surface area (Å²) in [6.07, 6.45) is 0. The van der Waals surface area contributed by atoms with Crippen LogP contribution in [-0.2, 0) is 0 Å². The molecule has 2 nitrogen and oxygen atoms in total. The maximum absolute atomic E-state index is 13.4. The number of anilines is 1. The van der Waals surface area contributed by atoms with Crippen molar-refractivity contribution in [1.29, 1.82) is 0 Å². The summed E-state index contributed by atoms with van der Waals surface area (Å²) >= 11 is 9.95. The molecular weight excluding hydrogens is 292 g/mol. The van der Waals surface area contributed by atoms with Gasteiger partial charge in [-0.2, -0.15) is 0 Å². The van der Waals surface area contributed by atoms with Crippen molar-refractivity contribution in [3.05, 3.63) is 58.6 Å². The van der Waals surface area contributed by atoms with E-state index in [0.717, 1.165) is 6.07 Å². The summed E-state index contributed by atoms with van der Waals surface area (Å²) in [6, 6.07) is 8.08. The molecule has 0 aliphatic heterocycles. The predicted octanol–water partition coefficient (Wildman–Crippen LogP) is 4.16. The van der Waals surface area contributed by atoms with E-state index < -0.39 is 17.5 Å². The molecule has 0 saturated carbocycles. The number of carbonyl (C=O) groups is 1. The van der Waals surface area contributed by atoms with Crippen LogP contribution in [0.4, 0.5) is 14.5 Å². The molecule has 2 rings (SSSR count). The summed E-state index contributed by atoms with van der Waals surface area (Å²) < 4.78 is 26.4. The summed E-state index contributed by atoms with van der Waals surface area (Å²) in [5.74, 6) is -2.79. The standard InChI is InChI=1S/C13H8ClF2NOS/c14-9-5-4-7(19)6-8(9)13(18)17-11-3-1-2-10(15)12(11)16/h1-6,19H,(H,17,18). The van der Waals surface area contributed by atoms with Crippen LogP contribution in [0.2, 0.25) is 5.02 Å². The van der Waals surface area contributed by atoms with Gasteiger partial charge in [0.2, 0.25) is 0 Å². The van der Waals surface area contributed by atoms with Crippen LogP contribution in [0.15, 0.2) is 41.3 Å². The van der Waals surface area contributed by atoms with Crippen molar-refractivity contribution in [2.24, 2.45) is 0 Å². The van der Waals surface area contributed by atoms with E-state index in [0.29, 0.717) is 4.90 Å². The number of amides is 1. The number of hydrogen-bond donors (Lipinski definition) is 2. The smallest absolute Gasteiger partial charge is 0.257 e. The Morgan fingerprint density at radius 2 is 1.95 bits per heavy atom. The third-order valence-electron chi connectivity index (χ3n) is 2.39. The lowest BCUT2D eigenvalue weighted by Gasteiger charge is -2.08. The van der Waals surface area contributed by atoms with Gasteiger partial charge in [0.05, 0.1) is 16.3 Å². The van der Waals surface area contributed by atoms with E-state index in [4.69, 9.17) is 11.6 Å². The number of benzene rings is 2. The van der Waals surface area contributed by atoms with Crippen LogP contribution in [0, 0.1) is 11.6 Å². The Kier molecular flexibility index (Phi) is 4.07. The Bertz CT molecular complexity index is 649. The van der Waals surface area contributed by atoms with Gasteiger partial charge in [0.1, 0.15) is 0 Å². The van der Waals surface area contributed by atoms with E-state index >= 15 is 0 Å². The van der Waals surface area contributed by atoms with Crippen molar-refractivity contribution in [3.8, 4) is 0 Å². The monoisotopic (exact) mass is 299 g/mol. The van der Waals surface area contributed by atoms with E-state index in [1.54, 1.807) is 6.07 Å². The molecule has 0 radical (unpaired) electrons. The Morgan fingerprint density at radius 3 is 2.68 bits per heavy atom. The van der Waals surface area contributed by atoms with Crippen LogP contribution in [0.1, 0.15) is 10.4 Å². The predicted molar refractivity (Wildman–Crippen MR) is 73.0 cm³/mol. The minimum absolute atomic E-state index is 0.137. The Hall–Kier alpha value is -1.59. The van der Waals surface area contributed by atoms with Gasteiger partial charge < -0.3 is 5.32 Å². The topological polar surface area (TPSA) is 29.1 Å². The maximum Gasteiger partial charge on any atom is 0.257 e. The molecule has 19 heavy (non-hydrogen) atoms. The first kappa shape index (κ1) is 13.8. The van der Waals surface area contributed by atoms with Crippen LogP contribution < -0.4 is 5.32 Å². The van der Waals surface area contributed by atoms with Gasteiger partial charge in [-0.15, -0.1) is 12.6 Å². The fourth-order valence-corrected chi connectivity index (χ4v) is 1.88. The molecule has 1 amide bonds. The first-order valence-electron chi connectivity index (χ1n) is 5.23. The normalized spacial score (nSPS) is 10.3. The van der Waals surface area contributed by atoms with Crippen molar-refractivity contribution >= 4 is 35.8 Å². The number of rotatable bonds is 2. The van der Waals surface area contributed by atoms with Gasteiger partial charge in [0, 0.05) is 4.90 Å². The highest BCUT2D eigenvalue weighted by Crippen LogP contribution is 2.22. The highest BCUT2D eigenvalue weighted by Gasteiger charge is 2.14. The molecule has 0 atom stereocenters. The van der Waals surface area contributed by atoms with Crippen LogP contribution in [0.3, 0.4) is 0 Å². The number of halogens is 3. The molecule has 0 heterocycles. The minimum atomic E-state index is -1.12. The molecule has 98 valence electrons. The summed E-state index contributed by atoms with van der Waals surface area (Å²) in [4.78, 5) is 12.5. The molecule has 0 spiro atoms. The molecule has 1 N–H and O–H groups in total. The lowest BCUT2D eigenvalue weighted by molar-refractivity contribution is 0.102. The van der Waals surface area contributed by atoms with Crippen molar-refractivity contribution < 1.29 is 13.6 Å². The highest BCUT2D eigenvalue weighted by molar-refractivity contribution is 7.80. The Labute approximate surface area is 118 Å². The molecule has 2 aromatic rings. The van der Waals surface area contributed by atoms with Gasteiger partial charge in [-0.05, 0) is 30.3 Å². The second-order valence-corrected chi connectivity index (χ2v) is 4.64. The molecular formula is C13H8ClF2NOS. The molecule has 0 fully saturated rings. The van der Waals surface area contributed by atoms with Crippen molar-refractivity contribution in [3.63, 3.8) is 0 Å². The highest BCUT2D eigenvalue weighted by atomic mass is 35.5. The van der Waals surface area contributed by atoms with Gasteiger partial charge in [-0.1, -0.05) is 17.7 Å². The molecule has 0 aliphatic rings. The molecule has 6 heteroatoms. The fraction of sp³-hybridized carbons (Fsp3) is 0. The number of thiol groups is 1. The molecule has 0 bridgehead atoms. The Morgan fingerprint density at radius 1 is 1.21 bits per heavy atom. The zero-order valence-corrected chi connectivity index (χ0v) is 11.1. The third kappa shape index (κ3) is 3.05. The van der Waals surface area contributed by atoms with E-state index in [1.807, 2.05) is 0 Å². The Balaban J connectivity index is 2.31. The SMILES string of the molecule is O=C(Nc1cccc(F)c1F)c1cc(S)ccc1Cl. The second-order valence-electron chi connectivity index (χ2n) is 3.72. The summed E-state index contributed by atoms with van der Waals surface area (Å²) in [6.45, 7) is 0. The fourth-order valence-electron chi connectivity index (χ4n) is 1.48. The zero-order valence-electron chi connectivity index (χ0n) is 9.45. The van der Waals surface area contributed by atoms with E-state index in [1.165, 1.54) is 24.3 Å². The lowest BCUT2D eigenvalue weighted by Crippen LogP contribution is -2.14. The molecule has 2 aromatic carbocycles. The molecule has 0 aliphatic carbocycles. The summed E-state index contributed by atoms with van der Waals surface area (Å²) in [7, 11) is 0. The summed E-state index contributed by atoms with van der Waals surface area (Å²) in [5, 5.41) is 2.46. The van der Waals surface area contributed by atoms with Crippen LogP contribution in [0.25, 0.3) is 0 Å². The zero-order chi connectivity index (χ0) is 14.0. The largest absolute Gasteiger partial charge is 0.319 e. The van der Waals surface area contributed by atoms with Gasteiger partial charge in [0.15, 0.2) is 11.6 Å². The number of carbonyl (C=O) groups excluding carboxylic acids is 1. The maximum atomic E-state index is 13.4.